The lowest BCUT2D eigenvalue weighted by Crippen LogP contribution is -2.60. The Bertz CT molecular complexity index is 882. The van der Waals surface area contributed by atoms with Crippen LogP contribution in [0.4, 0.5) is 16.2 Å². The molecule has 1 aliphatic heterocycles. The van der Waals surface area contributed by atoms with Crippen molar-refractivity contribution in [3.05, 3.63) is 60.2 Å². The molecule has 2 atom stereocenters. The van der Waals surface area contributed by atoms with Crippen molar-refractivity contribution >= 4 is 29.3 Å². The molecule has 146 valence electrons. The van der Waals surface area contributed by atoms with Crippen LogP contribution in [-0.2, 0) is 16.0 Å². The van der Waals surface area contributed by atoms with Gasteiger partial charge in [0.15, 0.2) is 0 Å². The number of hydrogen-bond donors (Lipinski definition) is 2. The molecule has 0 radical (unpaired) electrons. The summed E-state index contributed by atoms with van der Waals surface area (Å²) in [6.07, 6.45) is 0.0863. The second-order valence-electron chi connectivity index (χ2n) is 7.08. The van der Waals surface area contributed by atoms with Crippen molar-refractivity contribution in [2.45, 2.75) is 32.4 Å². The van der Waals surface area contributed by atoms with Gasteiger partial charge < -0.3 is 20.5 Å². The van der Waals surface area contributed by atoms with E-state index in [0.717, 1.165) is 5.56 Å². The number of para-hydroxylation sites is 2. The first-order valence-electron chi connectivity index (χ1n) is 9.13. The molecular weight excluding hydrogens is 358 g/mol. The fraction of sp³-hybridized carbons (Fsp3) is 0.286. The maximum atomic E-state index is 13.1. The molecule has 0 fully saturated rings. The number of aliphatic carboxylic acids is 1. The Labute approximate surface area is 163 Å². The van der Waals surface area contributed by atoms with E-state index in [1.54, 1.807) is 48.5 Å². The molecular formula is C21H22N3O4-. The summed E-state index contributed by atoms with van der Waals surface area (Å²) >= 11 is 0. The van der Waals surface area contributed by atoms with Crippen LogP contribution in [0.1, 0.15) is 19.4 Å². The molecule has 7 nitrogen and oxygen atoms in total. The lowest BCUT2D eigenvalue weighted by Gasteiger charge is -2.39. The number of hydrogen-bond acceptors (Lipinski definition) is 4. The lowest BCUT2D eigenvalue weighted by molar-refractivity contribution is -0.308. The van der Waals surface area contributed by atoms with Gasteiger partial charge in [-0.15, -0.1) is 0 Å². The molecule has 0 bridgehead atoms. The number of rotatable bonds is 5. The van der Waals surface area contributed by atoms with Gasteiger partial charge in [-0.25, -0.2) is 4.79 Å². The first-order chi connectivity index (χ1) is 13.4. The number of fused-ring (bicyclic) bond motifs is 1. The van der Waals surface area contributed by atoms with E-state index in [4.69, 9.17) is 0 Å². The number of benzene rings is 2. The summed E-state index contributed by atoms with van der Waals surface area (Å²) in [7, 11) is 0. The summed E-state index contributed by atoms with van der Waals surface area (Å²) in [6, 6.07) is 13.3. The van der Waals surface area contributed by atoms with Crippen molar-refractivity contribution in [2.24, 2.45) is 5.92 Å². The van der Waals surface area contributed by atoms with Crippen LogP contribution in [0, 0.1) is 5.92 Å². The van der Waals surface area contributed by atoms with Crippen LogP contribution >= 0.6 is 0 Å². The Kier molecular flexibility index (Phi) is 5.63. The Hall–Kier alpha value is -3.35. The normalized spacial score (nSPS) is 16.9. The summed E-state index contributed by atoms with van der Waals surface area (Å²) in [5.41, 5.74) is 1.79. The molecule has 0 unspecified atom stereocenters. The van der Waals surface area contributed by atoms with Gasteiger partial charge in [0.1, 0.15) is 6.04 Å². The van der Waals surface area contributed by atoms with Crippen LogP contribution in [-0.4, -0.2) is 30.0 Å². The molecule has 2 aromatic rings. The molecule has 28 heavy (non-hydrogen) atoms. The predicted octanol–water partition coefficient (Wildman–Crippen LogP) is 1.54. The molecule has 1 heterocycles. The minimum Gasteiger partial charge on any atom is -0.548 e. The van der Waals surface area contributed by atoms with Crippen LogP contribution in [0.5, 0.6) is 0 Å². The monoisotopic (exact) mass is 380 g/mol. The van der Waals surface area contributed by atoms with Crippen LogP contribution in [0.3, 0.4) is 0 Å². The third-order valence-electron chi connectivity index (χ3n) is 4.68. The second kappa shape index (κ2) is 8.12. The van der Waals surface area contributed by atoms with Crippen molar-refractivity contribution in [3.63, 3.8) is 0 Å². The summed E-state index contributed by atoms with van der Waals surface area (Å²) in [4.78, 5) is 38.6. The van der Waals surface area contributed by atoms with Crippen molar-refractivity contribution in [1.82, 2.24) is 5.32 Å². The van der Waals surface area contributed by atoms with Gasteiger partial charge in [-0.2, -0.15) is 0 Å². The van der Waals surface area contributed by atoms with Crippen molar-refractivity contribution < 1.29 is 19.5 Å². The number of nitrogens with zero attached hydrogens (tertiary/aromatic N) is 1. The van der Waals surface area contributed by atoms with Crippen LogP contribution in [0.25, 0.3) is 0 Å². The van der Waals surface area contributed by atoms with Gasteiger partial charge >= 0.3 is 6.03 Å². The summed E-state index contributed by atoms with van der Waals surface area (Å²) in [6.45, 7) is 3.66. The second-order valence-corrected chi connectivity index (χ2v) is 7.08. The van der Waals surface area contributed by atoms with E-state index in [1.807, 2.05) is 19.9 Å². The summed E-state index contributed by atoms with van der Waals surface area (Å²) in [5.74, 6) is -1.86. The third-order valence-corrected chi connectivity index (χ3v) is 4.68. The molecule has 3 amide bonds. The largest absolute Gasteiger partial charge is 0.548 e. The number of amides is 3. The minimum atomic E-state index is -1.38. The zero-order chi connectivity index (χ0) is 20.3. The van der Waals surface area contributed by atoms with E-state index in [2.05, 4.69) is 10.6 Å². The standard InChI is InChI=1S/C21H23N3O4/c1-13(2)18-19(25)22-15-10-6-7-11-17(15)24(18)21(28)23-16(20(26)27)12-14-8-4-3-5-9-14/h3-11,13,16,18H,12H2,1-2H3,(H,22,25)(H,23,28)(H,26,27)/p-1/t16-,18-/m0/s1. The van der Waals surface area contributed by atoms with Crippen LogP contribution < -0.4 is 20.6 Å². The van der Waals surface area contributed by atoms with Crippen molar-refractivity contribution in [1.29, 1.82) is 0 Å². The molecule has 7 heteroatoms. The Morgan fingerprint density at radius 2 is 1.75 bits per heavy atom. The molecule has 2 N–H and O–H groups in total. The highest BCUT2D eigenvalue weighted by Gasteiger charge is 2.39. The predicted molar refractivity (Wildman–Crippen MR) is 104 cm³/mol. The van der Waals surface area contributed by atoms with E-state index in [-0.39, 0.29) is 18.2 Å². The first-order valence-corrected chi connectivity index (χ1v) is 9.13. The topological polar surface area (TPSA) is 102 Å². The maximum absolute atomic E-state index is 13.1. The van der Waals surface area contributed by atoms with Crippen LogP contribution in [0.2, 0.25) is 0 Å². The third kappa shape index (κ3) is 3.98. The Morgan fingerprint density at radius 3 is 2.39 bits per heavy atom. The summed E-state index contributed by atoms with van der Waals surface area (Å²) in [5, 5.41) is 17.0. The van der Waals surface area contributed by atoms with Crippen molar-refractivity contribution in [2.75, 3.05) is 10.2 Å². The zero-order valence-corrected chi connectivity index (χ0v) is 15.7. The number of carbonyl (C=O) groups is 3. The highest BCUT2D eigenvalue weighted by Crippen LogP contribution is 2.34. The van der Waals surface area contributed by atoms with E-state index in [0.29, 0.717) is 11.4 Å². The average Bonchev–Trinajstić information content (AvgIpc) is 2.66. The Morgan fingerprint density at radius 1 is 1.11 bits per heavy atom. The Balaban J connectivity index is 1.89. The number of nitrogens with one attached hydrogen (secondary N) is 2. The van der Waals surface area contributed by atoms with Gasteiger partial charge in [-0.3, -0.25) is 9.69 Å². The molecule has 0 spiro atoms. The molecule has 0 saturated carbocycles. The van der Waals surface area contributed by atoms with Crippen LogP contribution in [0.15, 0.2) is 54.6 Å². The van der Waals surface area contributed by atoms with Gasteiger partial charge in [-0.1, -0.05) is 56.3 Å². The molecule has 0 aliphatic carbocycles. The van der Waals surface area contributed by atoms with Gasteiger partial charge in [0.2, 0.25) is 5.91 Å². The SMILES string of the molecule is CC(C)[C@H]1C(=O)Nc2ccccc2N1C(=O)N[C@@H](Cc1ccccc1)C(=O)[O-]. The van der Waals surface area contributed by atoms with Gasteiger partial charge in [0, 0.05) is 0 Å². The highest BCUT2D eigenvalue weighted by molar-refractivity contribution is 6.12. The fourth-order valence-corrected chi connectivity index (χ4v) is 3.36. The van der Waals surface area contributed by atoms with E-state index in [9.17, 15) is 19.5 Å². The van der Waals surface area contributed by atoms with E-state index >= 15 is 0 Å². The highest BCUT2D eigenvalue weighted by atomic mass is 16.4. The van der Waals surface area contributed by atoms with Gasteiger partial charge in [0.25, 0.3) is 0 Å². The molecule has 3 rings (SSSR count). The van der Waals surface area contributed by atoms with E-state index in [1.165, 1.54) is 4.90 Å². The molecule has 0 aromatic heterocycles. The fourth-order valence-electron chi connectivity index (χ4n) is 3.36. The van der Waals surface area contributed by atoms with Crippen molar-refractivity contribution in [3.8, 4) is 0 Å². The molecule has 0 saturated heterocycles. The number of carboxylic acids is 1. The smallest absolute Gasteiger partial charge is 0.323 e. The quantitative estimate of drug-likeness (QED) is 0.821. The van der Waals surface area contributed by atoms with Gasteiger partial charge in [0.05, 0.1) is 23.4 Å². The minimum absolute atomic E-state index is 0.0863. The summed E-state index contributed by atoms with van der Waals surface area (Å²) < 4.78 is 0. The number of carboxylic acid groups (broad SMARTS) is 1. The zero-order valence-electron chi connectivity index (χ0n) is 15.7. The molecule has 2 aromatic carbocycles. The number of anilines is 2. The first kappa shape index (κ1) is 19.4. The van der Waals surface area contributed by atoms with E-state index < -0.39 is 24.1 Å². The number of carbonyl (C=O) groups excluding carboxylic acids is 3. The average molecular weight is 380 g/mol. The van der Waals surface area contributed by atoms with Gasteiger partial charge in [-0.05, 0) is 30.0 Å². The number of urea groups is 1. The maximum Gasteiger partial charge on any atom is 0.323 e. The molecule has 1 aliphatic rings. The lowest BCUT2D eigenvalue weighted by atomic mass is 9.98.